The van der Waals surface area contributed by atoms with Crippen molar-refractivity contribution in [3.63, 3.8) is 0 Å². The van der Waals surface area contributed by atoms with E-state index in [4.69, 9.17) is 4.18 Å². The van der Waals surface area contributed by atoms with E-state index >= 15 is 0 Å². The molecule has 1 aliphatic rings. The number of carboxylic acid groups (broad SMARTS) is 1. The second-order valence-electron chi connectivity index (χ2n) is 6.99. The molecule has 2 rings (SSSR count). The van der Waals surface area contributed by atoms with Crippen molar-refractivity contribution in [3.05, 3.63) is 34.9 Å². The zero-order valence-electron chi connectivity index (χ0n) is 13.9. The molecule has 0 radical (unpaired) electrons. The summed E-state index contributed by atoms with van der Waals surface area (Å²) in [6, 6.07) is 5.38. The maximum absolute atomic E-state index is 11.5. The van der Waals surface area contributed by atoms with Crippen molar-refractivity contribution in [1.29, 1.82) is 0 Å². The lowest BCUT2D eigenvalue weighted by molar-refractivity contribution is 0.0758. The van der Waals surface area contributed by atoms with Gasteiger partial charge in [-0.2, -0.15) is 8.42 Å². The number of nitrogens with zero attached hydrogens (tertiary/aromatic N) is 1. The van der Waals surface area contributed by atoms with E-state index in [9.17, 15) is 18.3 Å². The monoisotopic (exact) mass is 341 g/mol. The lowest BCUT2D eigenvalue weighted by Gasteiger charge is -2.43. The molecule has 7 heteroatoms. The Morgan fingerprint density at radius 2 is 2.04 bits per heavy atom. The van der Waals surface area contributed by atoms with Crippen LogP contribution in [-0.4, -0.2) is 37.3 Å². The van der Waals surface area contributed by atoms with Gasteiger partial charge in [0.15, 0.2) is 0 Å². The molecule has 0 bridgehead atoms. The van der Waals surface area contributed by atoms with E-state index < -0.39 is 16.2 Å². The highest BCUT2D eigenvalue weighted by Crippen LogP contribution is 2.42. The molecular formula is C16H23NO5S. The average molecular weight is 341 g/mol. The van der Waals surface area contributed by atoms with Gasteiger partial charge in [0.1, 0.15) is 0 Å². The van der Waals surface area contributed by atoms with Gasteiger partial charge in [0.25, 0.3) is 10.1 Å². The van der Waals surface area contributed by atoms with Crippen molar-refractivity contribution in [2.45, 2.75) is 39.8 Å². The van der Waals surface area contributed by atoms with E-state index in [1.165, 1.54) is 4.90 Å². The number of carbonyl (C=O) groups is 1. The van der Waals surface area contributed by atoms with Gasteiger partial charge in [-0.1, -0.05) is 39.0 Å². The molecule has 0 fully saturated rings. The maximum Gasteiger partial charge on any atom is 0.407 e. The minimum atomic E-state index is -3.48. The summed E-state index contributed by atoms with van der Waals surface area (Å²) in [7, 11) is -3.48. The summed E-state index contributed by atoms with van der Waals surface area (Å²) in [5, 5.41) is 9.47. The molecule has 0 aromatic heterocycles. The molecule has 0 aliphatic carbocycles. The van der Waals surface area contributed by atoms with Gasteiger partial charge in [-0.25, -0.2) is 4.79 Å². The molecule has 6 nitrogen and oxygen atoms in total. The van der Waals surface area contributed by atoms with Crippen LogP contribution in [0.2, 0.25) is 0 Å². The molecule has 1 atom stereocenters. The van der Waals surface area contributed by atoms with Gasteiger partial charge >= 0.3 is 6.09 Å². The second-order valence-corrected chi connectivity index (χ2v) is 8.64. The highest BCUT2D eigenvalue weighted by Gasteiger charge is 2.38. The number of benzene rings is 1. The fourth-order valence-electron chi connectivity index (χ4n) is 3.09. The van der Waals surface area contributed by atoms with Gasteiger partial charge in [0.2, 0.25) is 0 Å². The molecule has 1 heterocycles. The zero-order chi connectivity index (χ0) is 17.4. The molecule has 0 saturated carbocycles. The van der Waals surface area contributed by atoms with Crippen molar-refractivity contribution in [1.82, 2.24) is 4.90 Å². The number of hydrogen-bond acceptors (Lipinski definition) is 4. The molecule has 1 aromatic rings. The number of hydrogen-bond donors (Lipinski definition) is 1. The van der Waals surface area contributed by atoms with Crippen molar-refractivity contribution in [3.8, 4) is 0 Å². The molecule has 0 spiro atoms. The number of rotatable bonds is 3. The van der Waals surface area contributed by atoms with Crippen LogP contribution in [0.1, 0.15) is 43.5 Å². The van der Waals surface area contributed by atoms with E-state index in [-0.39, 0.29) is 18.1 Å². The van der Waals surface area contributed by atoms with Crippen LogP contribution in [0.4, 0.5) is 4.79 Å². The molecular weight excluding hydrogens is 318 g/mol. The van der Waals surface area contributed by atoms with Gasteiger partial charge < -0.3 is 10.0 Å². The van der Waals surface area contributed by atoms with Crippen LogP contribution in [0.25, 0.3) is 0 Å². The van der Waals surface area contributed by atoms with Gasteiger partial charge in [-0.05, 0) is 28.5 Å². The quantitative estimate of drug-likeness (QED) is 0.855. The van der Waals surface area contributed by atoms with Crippen molar-refractivity contribution in [2.75, 3.05) is 12.8 Å². The molecule has 128 valence electrons. The third-order valence-corrected chi connectivity index (χ3v) is 4.49. The Morgan fingerprint density at radius 1 is 1.39 bits per heavy atom. The lowest BCUT2D eigenvalue weighted by atomic mass is 9.77. The summed E-state index contributed by atoms with van der Waals surface area (Å²) in [6.07, 6.45) is 0.715. The summed E-state index contributed by atoms with van der Waals surface area (Å²) in [6.45, 7) is 6.48. The van der Waals surface area contributed by atoms with Crippen LogP contribution in [0, 0.1) is 5.41 Å². The molecule has 1 aliphatic heterocycles. The van der Waals surface area contributed by atoms with Crippen molar-refractivity contribution in [2.24, 2.45) is 5.41 Å². The maximum atomic E-state index is 11.5. The van der Waals surface area contributed by atoms with Gasteiger partial charge in [0, 0.05) is 6.54 Å². The third-order valence-electron chi connectivity index (χ3n) is 3.94. The van der Waals surface area contributed by atoms with Crippen molar-refractivity contribution < 1.29 is 22.5 Å². The predicted octanol–water partition coefficient (Wildman–Crippen LogP) is 2.79. The van der Waals surface area contributed by atoms with E-state index in [0.29, 0.717) is 13.0 Å². The largest absolute Gasteiger partial charge is 0.465 e. The Morgan fingerprint density at radius 3 is 2.57 bits per heavy atom. The van der Waals surface area contributed by atoms with Crippen LogP contribution in [0.3, 0.4) is 0 Å². The molecule has 1 unspecified atom stereocenters. The van der Waals surface area contributed by atoms with Crippen LogP contribution < -0.4 is 0 Å². The summed E-state index contributed by atoms with van der Waals surface area (Å²) in [5.41, 5.74) is 2.56. The van der Waals surface area contributed by atoms with E-state index in [2.05, 4.69) is 0 Å². The highest BCUT2D eigenvalue weighted by molar-refractivity contribution is 7.85. The van der Waals surface area contributed by atoms with Crippen LogP contribution in [0.15, 0.2) is 18.2 Å². The van der Waals surface area contributed by atoms with Gasteiger partial charge in [-0.15, -0.1) is 0 Å². The first-order valence-corrected chi connectivity index (χ1v) is 9.26. The van der Waals surface area contributed by atoms with Crippen LogP contribution in [0.5, 0.6) is 0 Å². The van der Waals surface area contributed by atoms with Crippen LogP contribution in [-0.2, 0) is 27.3 Å². The van der Waals surface area contributed by atoms with E-state index in [1.807, 2.05) is 32.9 Å². The lowest BCUT2D eigenvalue weighted by Crippen LogP contribution is -2.44. The topological polar surface area (TPSA) is 83.9 Å². The minimum absolute atomic E-state index is 0.00502. The van der Waals surface area contributed by atoms with E-state index in [0.717, 1.165) is 22.9 Å². The fraction of sp³-hybridized carbons (Fsp3) is 0.562. The van der Waals surface area contributed by atoms with E-state index in [1.54, 1.807) is 6.07 Å². The molecule has 1 amide bonds. The Labute approximate surface area is 137 Å². The number of fused-ring (bicyclic) bond motifs is 1. The standard InChI is InChI=1S/C16H23NO5S/c1-16(2,3)14-13-6-5-11(10-22-23(4,20)21)9-12(13)7-8-17(14)15(18)19/h5-6,9,14H,7-8,10H2,1-4H3,(H,18,19). The second kappa shape index (κ2) is 6.13. The Hall–Kier alpha value is -1.60. The van der Waals surface area contributed by atoms with Gasteiger partial charge in [0.05, 0.1) is 18.9 Å². The normalized spacial score (nSPS) is 18.6. The van der Waals surface area contributed by atoms with Crippen molar-refractivity contribution >= 4 is 16.2 Å². The first kappa shape index (κ1) is 17.7. The molecule has 1 aromatic carbocycles. The third kappa shape index (κ3) is 4.23. The molecule has 23 heavy (non-hydrogen) atoms. The summed E-state index contributed by atoms with van der Waals surface area (Å²) in [5.74, 6) is 0. The smallest absolute Gasteiger partial charge is 0.407 e. The molecule has 0 saturated heterocycles. The summed E-state index contributed by atoms with van der Waals surface area (Å²) in [4.78, 5) is 13.0. The Bertz CT molecular complexity index is 706. The first-order chi connectivity index (χ1) is 10.5. The van der Waals surface area contributed by atoms with Crippen LogP contribution >= 0.6 is 0 Å². The zero-order valence-corrected chi connectivity index (χ0v) is 14.7. The average Bonchev–Trinajstić information content (AvgIpc) is 2.41. The SMILES string of the molecule is CC(C)(C)C1c2ccc(COS(C)(=O)=O)cc2CCN1C(=O)O. The summed E-state index contributed by atoms with van der Waals surface area (Å²) < 4.78 is 27.0. The highest BCUT2D eigenvalue weighted by atomic mass is 32.2. The minimum Gasteiger partial charge on any atom is -0.465 e. The molecule has 1 N–H and O–H groups in total. The number of amides is 1. The van der Waals surface area contributed by atoms with Gasteiger partial charge in [-0.3, -0.25) is 4.18 Å². The Balaban J connectivity index is 2.35. The predicted molar refractivity (Wildman–Crippen MR) is 86.7 cm³/mol. The Kier molecular flexibility index (Phi) is 4.73. The summed E-state index contributed by atoms with van der Waals surface area (Å²) >= 11 is 0. The first-order valence-electron chi connectivity index (χ1n) is 7.45. The fourth-order valence-corrected chi connectivity index (χ4v) is 3.44.